The third-order valence-corrected chi connectivity index (χ3v) is 4.59. The Kier molecular flexibility index (Phi) is 5.38. The van der Waals surface area contributed by atoms with Gasteiger partial charge in [0.1, 0.15) is 11.6 Å². The normalized spacial score (nSPS) is 10.8. The fraction of sp³-hybridized carbons (Fsp3) is 0.136. The fourth-order valence-corrected chi connectivity index (χ4v) is 3.03. The fourth-order valence-electron chi connectivity index (χ4n) is 3.03. The molecular formula is C22H19F2N5O. The van der Waals surface area contributed by atoms with Gasteiger partial charge in [0.15, 0.2) is 11.6 Å². The molecule has 0 amide bonds. The third kappa shape index (κ3) is 4.12. The number of halogens is 2. The number of nitrogens with one attached hydrogen (secondary N) is 1. The van der Waals surface area contributed by atoms with Gasteiger partial charge in [0.25, 0.3) is 0 Å². The van der Waals surface area contributed by atoms with Crippen molar-refractivity contribution in [2.24, 2.45) is 0 Å². The van der Waals surface area contributed by atoms with Crippen molar-refractivity contribution in [3.63, 3.8) is 0 Å². The average molecular weight is 407 g/mol. The van der Waals surface area contributed by atoms with Crippen LogP contribution in [0.1, 0.15) is 11.3 Å². The number of imidazole rings is 1. The first-order chi connectivity index (χ1) is 14.5. The van der Waals surface area contributed by atoms with Crippen LogP contribution in [0, 0.1) is 18.6 Å². The molecule has 0 bridgehead atoms. The number of hydrogen-bond donors (Lipinski definition) is 1. The second-order valence-corrected chi connectivity index (χ2v) is 6.71. The number of benzene rings is 2. The molecule has 0 radical (unpaired) electrons. The Hall–Kier alpha value is -3.81. The van der Waals surface area contributed by atoms with Gasteiger partial charge >= 0.3 is 0 Å². The number of hydrogen-bond acceptors (Lipinski definition) is 5. The van der Waals surface area contributed by atoms with Gasteiger partial charge in [-0.3, -0.25) is 0 Å². The molecule has 2 aromatic heterocycles. The van der Waals surface area contributed by atoms with Crippen molar-refractivity contribution in [1.82, 2.24) is 19.7 Å². The first-order valence-corrected chi connectivity index (χ1v) is 9.24. The van der Waals surface area contributed by atoms with E-state index in [4.69, 9.17) is 4.74 Å². The molecule has 4 rings (SSSR count). The predicted molar refractivity (Wildman–Crippen MR) is 110 cm³/mol. The lowest BCUT2D eigenvalue weighted by atomic mass is 10.1. The maximum absolute atomic E-state index is 13.3. The zero-order valence-electron chi connectivity index (χ0n) is 16.4. The summed E-state index contributed by atoms with van der Waals surface area (Å²) in [6.45, 7) is 2.23. The zero-order chi connectivity index (χ0) is 21.1. The van der Waals surface area contributed by atoms with Gasteiger partial charge in [-0.25, -0.2) is 13.8 Å². The van der Waals surface area contributed by atoms with Crippen molar-refractivity contribution in [2.75, 3.05) is 12.4 Å². The lowest BCUT2D eigenvalue weighted by Gasteiger charge is -2.11. The Labute approximate surface area is 172 Å². The Morgan fingerprint density at radius 2 is 1.87 bits per heavy atom. The highest BCUT2D eigenvalue weighted by Crippen LogP contribution is 2.29. The minimum absolute atomic E-state index is 0.304. The van der Waals surface area contributed by atoms with Gasteiger partial charge in [-0.05, 0) is 48.9 Å². The quantitative estimate of drug-likeness (QED) is 0.509. The highest BCUT2D eigenvalue weighted by molar-refractivity contribution is 5.65. The molecule has 0 aliphatic carbocycles. The molecule has 0 spiro atoms. The van der Waals surface area contributed by atoms with E-state index in [0.717, 1.165) is 29.1 Å². The monoisotopic (exact) mass is 407 g/mol. The van der Waals surface area contributed by atoms with E-state index >= 15 is 0 Å². The number of rotatable bonds is 6. The molecule has 1 N–H and O–H groups in total. The minimum atomic E-state index is -0.876. The van der Waals surface area contributed by atoms with E-state index in [1.807, 2.05) is 42.0 Å². The van der Waals surface area contributed by atoms with Gasteiger partial charge in [0.05, 0.1) is 30.5 Å². The first kappa shape index (κ1) is 19.5. The van der Waals surface area contributed by atoms with Gasteiger partial charge < -0.3 is 14.6 Å². The summed E-state index contributed by atoms with van der Waals surface area (Å²) >= 11 is 0. The molecule has 8 heteroatoms. The highest BCUT2D eigenvalue weighted by atomic mass is 19.2. The maximum Gasteiger partial charge on any atom is 0.159 e. The Morgan fingerprint density at radius 1 is 1.00 bits per heavy atom. The molecule has 30 heavy (non-hydrogen) atoms. The van der Waals surface area contributed by atoms with Crippen LogP contribution < -0.4 is 10.1 Å². The molecule has 4 aromatic rings. The maximum atomic E-state index is 13.3. The van der Waals surface area contributed by atoms with E-state index in [1.54, 1.807) is 19.5 Å². The van der Waals surface area contributed by atoms with E-state index in [-0.39, 0.29) is 0 Å². The first-order valence-electron chi connectivity index (χ1n) is 9.24. The molecule has 0 aliphatic rings. The number of aromatic nitrogens is 4. The summed E-state index contributed by atoms with van der Waals surface area (Å²) in [6, 6.07) is 13.1. The summed E-state index contributed by atoms with van der Waals surface area (Å²) in [5.74, 6) is -0.528. The Bertz CT molecular complexity index is 1170. The number of aryl methyl sites for hydroxylation is 1. The summed E-state index contributed by atoms with van der Waals surface area (Å²) in [5.41, 5.74) is 3.93. The molecular weight excluding hydrogens is 388 g/mol. The van der Waals surface area contributed by atoms with Crippen molar-refractivity contribution in [3.05, 3.63) is 83.9 Å². The van der Waals surface area contributed by atoms with Crippen LogP contribution in [0.15, 0.2) is 61.1 Å². The van der Waals surface area contributed by atoms with Crippen molar-refractivity contribution in [3.8, 4) is 22.7 Å². The molecule has 0 saturated heterocycles. The molecule has 0 saturated carbocycles. The summed E-state index contributed by atoms with van der Waals surface area (Å²) in [5, 5.41) is 11.5. The molecule has 0 aliphatic heterocycles. The van der Waals surface area contributed by atoms with Crippen molar-refractivity contribution in [1.29, 1.82) is 0 Å². The molecule has 0 atom stereocenters. The van der Waals surface area contributed by atoms with Crippen molar-refractivity contribution in [2.45, 2.75) is 13.5 Å². The zero-order valence-corrected chi connectivity index (χ0v) is 16.4. The second kappa shape index (κ2) is 8.28. The Balaban J connectivity index is 1.50. The van der Waals surface area contributed by atoms with E-state index in [9.17, 15) is 8.78 Å². The summed E-state index contributed by atoms with van der Waals surface area (Å²) in [4.78, 5) is 4.25. The summed E-state index contributed by atoms with van der Waals surface area (Å²) in [7, 11) is 1.61. The van der Waals surface area contributed by atoms with Gasteiger partial charge in [0, 0.05) is 18.3 Å². The number of methoxy groups -OCH3 is 1. The van der Waals surface area contributed by atoms with Crippen LogP contribution in [0.25, 0.3) is 16.9 Å². The van der Waals surface area contributed by atoms with Gasteiger partial charge in [0.2, 0.25) is 0 Å². The van der Waals surface area contributed by atoms with Gasteiger partial charge in [-0.15, -0.1) is 10.2 Å². The van der Waals surface area contributed by atoms with Crippen LogP contribution in [0.3, 0.4) is 0 Å². The standard InChI is InChI=1S/C22H19F2N5O/c1-14-12-29(13-26-14)20-7-4-16(10-21(20)30-2)19-6-8-22(28-27-19)25-11-15-3-5-17(23)18(24)9-15/h3-10,12-13H,11H2,1-2H3,(H,25,28). The topological polar surface area (TPSA) is 64.9 Å². The van der Waals surface area contributed by atoms with Crippen LogP contribution in [-0.4, -0.2) is 26.9 Å². The molecule has 2 heterocycles. The number of nitrogens with zero attached hydrogens (tertiary/aromatic N) is 4. The lowest BCUT2D eigenvalue weighted by Crippen LogP contribution is -2.03. The molecule has 0 unspecified atom stereocenters. The van der Waals surface area contributed by atoms with E-state index in [2.05, 4.69) is 20.5 Å². The van der Waals surface area contributed by atoms with Crippen LogP contribution in [0.2, 0.25) is 0 Å². The smallest absolute Gasteiger partial charge is 0.159 e. The van der Waals surface area contributed by atoms with E-state index in [1.165, 1.54) is 6.07 Å². The van der Waals surface area contributed by atoms with Crippen LogP contribution in [-0.2, 0) is 6.54 Å². The highest BCUT2D eigenvalue weighted by Gasteiger charge is 2.10. The molecule has 0 fully saturated rings. The third-order valence-electron chi connectivity index (χ3n) is 4.59. The van der Waals surface area contributed by atoms with Gasteiger partial charge in [-0.2, -0.15) is 0 Å². The number of anilines is 1. The Morgan fingerprint density at radius 3 is 2.53 bits per heavy atom. The van der Waals surface area contributed by atoms with Crippen LogP contribution in [0.5, 0.6) is 5.75 Å². The number of ether oxygens (including phenoxy) is 1. The summed E-state index contributed by atoms with van der Waals surface area (Å²) < 4.78 is 33.7. The predicted octanol–water partition coefficient (Wildman–Crippen LogP) is 4.54. The SMILES string of the molecule is COc1cc(-c2ccc(NCc3ccc(F)c(F)c3)nn2)ccc1-n1cnc(C)c1. The van der Waals surface area contributed by atoms with E-state index in [0.29, 0.717) is 29.4 Å². The van der Waals surface area contributed by atoms with Crippen molar-refractivity contribution >= 4 is 5.82 Å². The second-order valence-electron chi connectivity index (χ2n) is 6.71. The van der Waals surface area contributed by atoms with Crippen molar-refractivity contribution < 1.29 is 13.5 Å². The van der Waals surface area contributed by atoms with Gasteiger partial charge in [-0.1, -0.05) is 12.1 Å². The molecule has 6 nitrogen and oxygen atoms in total. The summed E-state index contributed by atoms with van der Waals surface area (Å²) in [6.07, 6.45) is 3.66. The van der Waals surface area contributed by atoms with E-state index < -0.39 is 11.6 Å². The lowest BCUT2D eigenvalue weighted by molar-refractivity contribution is 0.413. The minimum Gasteiger partial charge on any atom is -0.495 e. The molecule has 152 valence electrons. The average Bonchev–Trinajstić information content (AvgIpc) is 3.20. The largest absolute Gasteiger partial charge is 0.495 e. The van der Waals surface area contributed by atoms with Crippen LogP contribution >= 0.6 is 0 Å². The van der Waals surface area contributed by atoms with Crippen LogP contribution in [0.4, 0.5) is 14.6 Å². The molecule has 2 aromatic carbocycles.